The molecule has 2 aromatic carbocycles. The molecule has 0 aromatic heterocycles. The van der Waals surface area contributed by atoms with Gasteiger partial charge in [0, 0.05) is 33.2 Å². The Morgan fingerprint density at radius 3 is 2.53 bits per heavy atom. The number of nitrogens with one attached hydrogen (secondary N) is 2. The molecule has 0 aliphatic carbocycles. The van der Waals surface area contributed by atoms with Gasteiger partial charge in [-0.1, -0.05) is 42.0 Å². The van der Waals surface area contributed by atoms with Crippen LogP contribution in [0.2, 0.25) is 0 Å². The van der Waals surface area contributed by atoms with Gasteiger partial charge in [-0.25, -0.2) is 0 Å². The van der Waals surface area contributed by atoms with Gasteiger partial charge in [-0.05, 0) is 30.2 Å². The van der Waals surface area contributed by atoms with Gasteiger partial charge in [-0.15, -0.1) is 24.0 Å². The van der Waals surface area contributed by atoms with E-state index in [2.05, 4.69) is 63.8 Å². The average molecular weight is 524 g/mol. The number of aliphatic imine (C=N–C) groups is 1. The van der Waals surface area contributed by atoms with E-state index in [9.17, 15) is 0 Å². The fourth-order valence-corrected chi connectivity index (χ4v) is 3.23. The molecule has 1 saturated heterocycles. The first kappa shape index (κ1) is 24.4. The lowest BCUT2D eigenvalue weighted by molar-refractivity contribution is 0.0342. The molecule has 1 heterocycles. The van der Waals surface area contributed by atoms with Crippen molar-refractivity contribution in [3.8, 4) is 5.75 Å². The van der Waals surface area contributed by atoms with Gasteiger partial charge in [-0.2, -0.15) is 0 Å². The molecule has 0 unspecified atom stereocenters. The van der Waals surface area contributed by atoms with Crippen molar-refractivity contribution in [1.82, 2.24) is 15.5 Å². The molecule has 0 atom stereocenters. The monoisotopic (exact) mass is 524 g/mol. The van der Waals surface area contributed by atoms with Crippen molar-refractivity contribution < 1.29 is 9.47 Å². The molecule has 1 aliphatic heterocycles. The molecular weight excluding hydrogens is 491 g/mol. The lowest BCUT2D eigenvalue weighted by atomic mass is 10.1. The zero-order valence-electron chi connectivity index (χ0n) is 17.9. The molecule has 0 bridgehead atoms. The Kier molecular flexibility index (Phi) is 11.0. The van der Waals surface area contributed by atoms with Crippen LogP contribution in [0.3, 0.4) is 0 Å². The highest BCUT2D eigenvalue weighted by atomic mass is 127. The van der Waals surface area contributed by atoms with Crippen molar-refractivity contribution >= 4 is 29.9 Å². The van der Waals surface area contributed by atoms with Gasteiger partial charge in [0.15, 0.2) is 5.96 Å². The maximum absolute atomic E-state index is 5.75. The molecule has 1 fully saturated rings. The zero-order chi connectivity index (χ0) is 20.3. The van der Waals surface area contributed by atoms with E-state index in [0.29, 0.717) is 13.2 Å². The Bertz CT molecular complexity index is 777. The first-order valence-electron chi connectivity index (χ1n) is 10.2. The van der Waals surface area contributed by atoms with Gasteiger partial charge < -0.3 is 20.1 Å². The second-order valence-corrected chi connectivity index (χ2v) is 7.22. The van der Waals surface area contributed by atoms with Crippen LogP contribution in [0.15, 0.2) is 53.5 Å². The summed E-state index contributed by atoms with van der Waals surface area (Å²) in [6.07, 6.45) is 0. The first-order chi connectivity index (χ1) is 14.2. The Hall–Kier alpha value is -1.84. The summed E-state index contributed by atoms with van der Waals surface area (Å²) in [4.78, 5) is 6.73. The number of halogens is 1. The van der Waals surface area contributed by atoms with E-state index in [1.165, 1.54) is 16.7 Å². The van der Waals surface area contributed by atoms with Crippen molar-refractivity contribution in [3.63, 3.8) is 0 Å². The van der Waals surface area contributed by atoms with Crippen LogP contribution >= 0.6 is 24.0 Å². The molecule has 30 heavy (non-hydrogen) atoms. The lowest BCUT2D eigenvalue weighted by Crippen LogP contribution is -2.39. The number of guanidine groups is 1. The van der Waals surface area contributed by atoms with Crippen LogP contribution in [0.4, 0.5) is 0 Å². The highest BCUT2D eigenvalue weighted by Gasteiger charge is 2.10. The van der Waals surface area contributed by atoms with Crippen molar-refractivity contribution in [2.75, 3.05) is 46.5 Å². The summed E-state index contributed by atoms with van der Waals surface area (Å²) in [5.41, 5.74) is 3.81. The highest BCUT2D eigenvalue weighted by Crippen LogP contribution is 2.11. The Morgan fingerprint density at radius 2 is 1.80 bits per heavy atom. The van der Waals surface area contributed by atoms with Gasteiger partial charge in [0.1, 0.15) is 12.4 Å². The number of ether oxygens (including phenoxy) is 2. The number of hydrogen-bond acceptors (Lipinski definition) is 4. The molecule has 6 nitrogen and oxygen atoms in total. The quantitative estimate of drug-likeness (QED) is 0.241. The fourth-order valence-electron chi connectivity index (χ4n) is 3.23. The Balaban J connectivity index is 0.00000320. The number of nitrogens with zero attached hydrogens (tertiary/aromatic N) is 2. The van der Waals surface area contributed by atoms with E-state index in [-0.39, 0.29) is 24.0 Å². The summed E-state index contributed by atoms with van der Waals surface area (Å²) < 4.78 is 11.2. The molecule has 2 aromatic rings. The molecule has 0 saturated carbocycles. The predicted molar refractivity (Wildman–Crippen MR) is 133 cm³/mol. The minimum absolute atomic E-state index is 0. The second-order valence-electron chi connectivity index (χ2n) is 7.22. The topological polar surface area (TPSA) is 58.1 Å². The van der Waals surface area contributed by atoms with Crippen molar-refractivity contribution in [2.45, 2.75) is 20.0 Å². The summed E-state index contributed by atoms with van der Waals surface area (Å²) in [5, 5.41) is 6.67. The molecule has 1 aliphatic rings. The van der Waals surface area contributed by atoms with Crippen LogP contribution in [0.5, 0.6) is 5.75 Å². The summed E-state index contributed by atoms with van der Waals surface area (Å²) in [6.45, 7) is 8.71. The Labute approximate surface area is 197 Å². The van der Waals surface area contributed by atoms with Crippen molar-refractivity contribution in [3.05, 3.63) is 65.2 Å². The summed E-state index contributed by atoms with van der Waals surface area (Å²) >= 11 is 0. The molecule has 164 valence electrons. The minimum atomic E-state index is 0. The summed E-state index contributed by atoms with van der Waals surface area (Å²) in [5.74, 6) is 1.66. The fraction of sp³-hybridized carbons (Fsp3) is 0.435. The van der Waals surface area contributed by atoms with Crippen molar-refractivity contribution in [1.29, 1.82) is 0 Å². The summed E-state index contributed by atoms with van der Waals surface area (Å²) in [7, 11) is 1.78. The van der Waals surface area contributed by atoms with Gasteiger partial charge in [0.2, 0.25) is 0 Å². The Morgan fingerprint density at radius 1 is 1.07 bits per heavy atom. The number of aryl methyl sites for hydroxylation is 1. The SMILES string of the molecule is CN=C(NCCOc1ccc(C)cc1)NCc1cccc(CN2CCOCC2)c1.I. The second kappa shape index (κ2) is 13.5. The third kappa shape index (κ3) is 8.49. The number of hydrogen-bond donors (Lipinski definition) is 2. The molecule has 0 amide bonds. The zero-order valence-corrected chi connectivity index (χ0v) is 20.2. The summed E-state index contributed by atoms with van der Waals surface area (Å²) in [6, 6.07) is 16.8. The van der Waals surface area contributed by atoms with Gasteiger partial charge in [0.25, 0.3) is 0 Å². The number of benzene rings is 2. The van der Waals surface area contributed by atoms with E-state index in [1.807, 2.05) is 12.1 Å². The maximum Gasteiger partial charge on any atom is 0.191 e. The van der Waals surface area contributed by atoms with Crippen LogP contribution in [-0.4, -0.2) is 57.4 Å². The average Bonchev–Trinajstić information content (AvgIpc) is 2.75. The van der Waals surface area contributed by atoms with Crippen LogP contribution in [0.1, 0.15) is 16.7 Å². The minimum Gasteiger partial charge on any atom is -0.492 e. The smallest absolute Gasteiger partial charge is 0.191 e. The molecular formula is C23H33IN4O2. The van der Waals surface area contributed by atoms with Crippen LogP contribution in [-0.2, 0) is 17.8 Å². The van der Waals surface area contributed by atoms with Gasteiger partial charge in [-0.3, -0.25) is 9.89 Å². The first-order valence-corrected chi connectivity index (χ1v) is 10.2. The highest BCUT2D eigenvalue weighted by molar-refractivity contribution is 14.0. The lowest BCUT2D eigenvalue weighted by Gasteiger charge is -2.26. The number of rotatable bonds is 8. The van der Waals surface area contributed by atoms with E-state index in [0.717, 1.165) is 51.1 Å². The van der Waals surface area contributed by atoms with E-state index in [4.69, 9.17) is 9.47 Å². The van der Waals surface area contributed by atoms with E-state index < -0.39 is 0 Å². The predicted octanol–water partition coefficient (Wildman–Crippen LogP) is 3.19. The van der Waals surface area contributed by atoms with Crippen LogP contribution in [0.25, 0.3) is 0 Å². The van der Waals surface area contributed by atoms with Crippen molar-refractivity contribution in [2.24, 2.45) is 4.99 Å². The molecule has 7 heteroatoms. The third-order valence-electron chi connectivity index (χ3n) is 4.87. The van der Waals surface area contributed by atoms with Crippen LogP contribution in [0, 0.1) is 6.92 Å². The van der Waals surface area contributed by atoms with Gasteiger partial charge >= 0.3 is 0 Å². The third-order valence-corrected chi connectivity index (χ3v) is 4.87. The van der Waals surface area contributed by atoms with Gasteiger partial charge in [0.05, 0.1) is 19.8 Å². The number of morpholine rings is 1. The molecule has 2 N–H and O–H groups in total. The van der Waals surface area contributed by atoms with E-state index >= 15 is 0 Å². The van der Waals surface area contributed by atoms with E-state index in [1.54, 1.807) is 7.05 Å². The van der Waals surface area contributed by atoms with Crippen LogP contribution < -0.4 is 15.4 Å². The largest absolute Gasteiger partial charge is 0.492 e. The molecule has 0 radical (unpaired) electrons. The molecule has 3 rings (SSSR count). The molecule has 0 spiro atoms. The normalized spacial score (nSPS) is 14.7. The maximum atomic E-state index is 5.75. The standard InChI is InChI=1S/C23H32N4O2.HI/c1-19-6-8-22(9-7-19)29-13-10-25-23(24-2)26-17-20-4-3-5-21(16-20)18-27-11-14-28-15-12-27;/h3-9,16H,10-15,17-18H2,1-2H3,(H2,24,25,26);1H.